The van der Waals surface area contributed by atoms with E-state index in [1.807, 2.05) is 13.0 Å². The van der Waals surface area contributed by atoms with E-state index in [0.29, 0.717) is 39.9 Å². The van der Waals surface area contributed by atoms with E-state index < -0.39 is 11.4 Å². The van der Waals surface area contributed by atoms with Crippen LogP contribution in [0, 0.1) is 5.82 Å². The minimum atomic E-state index is -0.649. The number of hydrogen-bond acceptors (Lipinski definition) is 5. The van der Waals surface area contributed by atoms with Gasteiger partial charge in [0.2, 0.25) is 5.91 Å². The lowest BCUT2D eigenvalue weighted by molar-refractivity contribution is -0.131. The minimum Gasteiger partial charge on any atom is -0.374 e. The molecular weight excluding hydrogens is 492 g/mol. The number of nitrogens with zero attached hydrogens (tertiary/aromatic N) is 3. The van der Waals surface area contributed by atoms with E-state index in [2.05, 4.69) is 20.3 Å². The van der Waals surface area contributed by atoms with E-state index in [0.717, 1.165) is 17.2 Å². The molecule has 5 rings (SSSR count). The van der Waals surface area contributed by atoms with Crippen LogP contribution in [0.4, 0.5) is 10.1 Å². The monoisotopic (exact) mass is 511 g/mol. The Morgan fingerprint density at radius 1 is 1.23 bits per heavy atom. The zero-order chi connectivity index (χ0) is 24.7. The number of carbonyl (C=O) groups is 1. The Labute approximate surface area is 209 Å². The molecule has 0 fully saturated rings. The predicted octanol–water partition coefficient (Wildman–Crippen LogP) is 4.99. The number of carbonyl (C=O) groups excluding carboxylic acids is 1. The standard InChI is InChI=1S/C25H20Cl2FN5O2/c1-13-23-15(8-16(26)9-18(23)27)4-7-33(13)22(34)12-30-21-11-20-17(10-19(21)28)25(35)32-24(31-20)14-2-5-29-6-3-14/h2-3,5-6,8-11,13,30H,4,7,12H2,1H3,(H,31,32,35). The molecule has 2 aromatic carbocycles. The molecule has 0 spiro atoms. The maximum absolute atomic E-state index is 14.8. The molecule has 0 saturated carbocycles. The average Bonchev–Trinajstić information content (AvgIpc) is 2.83. The molecule has 10 heteroatoms. The number of pyridine rings is 1. The van der Waals surface area contributed by atoms with Crippen LogP contribution in [-0.2, 0) is 11.2 Å². The van der Waals surface area contributed by atoms with Crippen molar-refractivity contribution in [1.29, 1.82) is 0 Å². The maximum atomic E-state index is 14.8. The van der Waals surface area contributed by atoms with Gasteiger partial charge in [0.15, 0.2) is 0 Å². The average molecular weight is 512 g/mol. The molecule has 2 aromatic heterocycles. The van der Waals surface area contributed by atoms with E-state index >= 15 is 0 Å². The molecule has 1 unspecified atom stereocenters. The van der Waals surface area contributed by atoms with Crippen LogP contribution in [0.3, 0.4) is 0 Å². The third-order valence-electron chi connectivity index (χ3n) is 6.19. The molecule has 4 aromatic rings. The van der Waals surface area contributed by atoms with Gasteiger partial charge >= 0.3 is 0 Å². The van der Waals surface area contributed by atoms with Crippen molar-refractivity contribution in [2.24, 2.45) is 0 Å². The van der Waals surface area contributed by atoms with Crippen LogP contribution in [0.15, 0.2) is 53.6 Å². The van der Waals surface area contributed by atoms with Crippen LogP contribution in [0.25, 0.3) is 22.3 Å². The highest BCUT2D eigenvalue weighted by Crippen LogP contribution is 2.37. The molecule has 2 N–H and O–H groups in total. The van der Waals surface area contributed by atoms with Crippen molar-refractivity contribution in [2.45, 2.75) is 19.4 Å². The van der Waals surface area contributed by atoms with Gasteiger partial charge in [-0.15, -0.1) is 0 Å². The highest BCUT2D eigenvalue weighted by Gasteiger charge is 2.29. The van der Waals surface area contributed by atoms with Gasteiger partial charge in [-0.1, -0.05) is 23.2 Å². The van der Waals surface area contributed by atoms with Crippen molar-refractivity contribution >= 4 is 45.7 Å². The van der Waals surface area contributed by atoms with E-state index in [9.17, 15) is 14.0 Å². The number of fused-ring (bicyclic) bond motifs is 2. The molecule has 178 valence electrons. The van der Waals surface area contributed by atoms with Crippen molar-refractivity contribution in [3.8, 4) is 11.4 Å². The maximum Gasteiger partial charge on any atom is 0.259 e. The molecular formula is C25H20Cl2FN5O2. The second-order valence-corrected chi connectivity index (χ2v) is 9.17. The number of benzene rings is 2. The van der Waals surface area contributed by atoms with E-state index in [-0.39, 0.29) is 29.6 Å². The Kier molecular flexibility index (Phi) is 6.17. The number of hydrogen-bond donors (Lipinski definition) is 2. The number of aromatic nitrogens is 3. The zero-order valence-electron chi connectivity index (χ0n) is 18.6. The summed E-state index contributed by atoms with van der Waals surface area (Å²) >= 11 is 12.5. The van der Waals surface area contributed by atoms with E-state index in [1.165, 1.54) is 6.07 Å². The summed E-state index contributed by atoms with van der Waals surface area (Å²) in [5.74, 6) is -0.509. The lowest BCUT2D eigenvalue weighted by atomic mass is 9.93. The largest absolute Gasteiger partial charge is 0.374 e. The molecule has 7 nitrogen and oxygen atoms in total. The fourth-order valence-electron chi connectivity index (χ4n) is 4.46. The highest BCUT2D eigenvalue weighted by molar-refractivity contribution is 6.35. The number of anilines is 1. The van der Waals surface area contributed by atoms with Crippen LogP contribution >= 0.6 is 23.2 Å². The van der Waals surface area contributed by atoms with E-state index in [4.69, 9.17) is 23.2 Å². The third kappa shape index (κ3) is 4.47. The highest BCUT2D eigenvalue weighted by atomic mass is 35.5. The van der Waals surface area contributed by atoms with Crippen molar-refractivity contribution in [1.82, 2.24) is 19.9 Å². The van der Waals surface area contributed by atoms with Gasteiger partial charge in [0.1, 0.15) is 11.6 Å². The topological polar surface area (TPSA) is 91.0 Å². The number of rotatable bonds is 4. The second-order valence-electron chi connectivity index (χ2n) is 8.33. The van der Waals surface area contributed by atoms with Gasteiger partial charge in [0.25, 0.3) is 5.56 Å². The molecule has 3 heterocycles. The first-order chi connectivity index (χ1) is 16.8. The molecule has 0 radical (unpaired) electrons. The van der Waals surface area contributed by atoms with Crippen LogP contribution in [-0.4, -0.2) is 38.8 Å². The van der Waals surface area contributed by atoms with Crippen LogP contribution in [0.5, 0.6) is 0 Å². The Bertz CT molecular complexity index is 1510. The van der Waals surface area contributed by atoms with Crippen molar-refractivity contribution in [2.75, 3.05) is 18.4 Å². The quantitative estimate of drug-likeness (QED) is 0.402. The first-order valence-electron chi connectivity index (χ1n) is 11.0. The van der Waals surface area contributed by atoms with Crippen LogP contribution in [0.2, 0.25) is 10.0 Å². The zero-order valence-corrected chi connectivity index (χ0v) is 20.1. The van der Waals surface area contributed by atoms with Gasteiger partial charge in [-0.3, -0.25) is 14.6 Å². The van der Waals surface area contributed by atoms with Crippen molar-refractivity contribution in [3.05, 3.63) is 86.1 Å². The Morgan fingerprint density at radius 2 is 2.00 bits per heavy atom. The van der Waals surface area contributed by atoms with E-state index in [1.54, 1.807) is 35.5 Å². The Balaban J connectivity index is 1.38. The fourth-order valence-corrected chi connectivity index (χ4v) is 5.15. The SMILES string of the molecule is CC1c2c(Cl)cc(Cl)cc2CCN1C(=O)CNc1cc2nc(-c3ccncc3)[nH]c(=O)c2cc1F. The number of aromatic amines is 1. The predicted molar refractivity (Wildman–Crippen MR) is 134 cm³/mol. The fraction of sp³-hybridized carbons (Fsp3) is 0.200. The molecule has 0 bridgehead atoms. The summed E-state index contributed by atoms with van der Waals surface area (Å²) in [6, 6.07) is 9.28. The second kappa shape index (κ2) is 9.28. The number of nitrogens with one attached hydrogen (secondary N) is 2. The number of amides is 1. The summed E-state index contributed by atoms with van der Waals surface area (Å²) in [4.78, 5) is 38.3. The molecule has 0 aliphatic carbocycles. The van der Waals surface area contributed by atoms with Gasteiger partial charge < -0.3 is 15.2 Å². The Hall–Kier alpha value is -3.49. The summed E-state index contributed by atoms with van der Waals surface area (Å²) in [5.41, 5.74) is 2.50. The third-order valence-corrected chi connectivity index (χ3v) is 6.72. The van der Waals surface area contributed by atoms with Gasteiger partial charge in [-0.2, -0.15) is 0 Å². The van der Waals surface area contributed by atoms with Crippen molar-refractivity contribution < 1.29 is 9.18 Å². The minimum absolute atomic E-state index is 0.0829. The summed E-state index contributed by atoms with van der Waals surface area (Å²) in [7, 11) is 0. The summed E-state index contributed by atoms with van der Waals surface area (Å²) < 4.78 is 14.8. The molecule has 1 aliphatic heterocycles. The smallest absolute Gasteiger partial charge is 0.259 e. The molecule has 1 aliphatic rings. The molecule has 35 heavy (non-hydrogen) atoms. The molecule has 1 amide bonds. The van der Waals surface area contributed by atoms with Gasteiger partial charge in [-0.05, 0) is 60.9 Å². The molecule has 0 saturated heterocycles. The summed E-state index contributed by atoms with van der Waals surface area (Å²) in [6.45, 7) is 2.27. The number of halogens is 3. The first-order valence-corrected chi connectivity index (χ1v) is 11.7. The van der Waals surface area contributed by atoms with Crippen molar-refractivity contribution in [3.63, 3.8) is 0 Å². The lowest BCUT2D eigenvalue weighted by Crippen LogP contribution is -2.42. The van der Waals surface area contributed by atoms with Crippen LogP contribution in [0.1, 0.15) is 24.1 Å². The van der Waals surface area contributed by atoms with Gasteiger partial charge in [0.05, 0.1) is 29.2 Å². The lowest BCUT2D eigenvalue weighted by Gasteiger charge is -2.36. The van der Waals surface area contributed by atoms with Gasteiger partial charge in [-0.25, -0.2) is 9.37 Å². The summed E-state index contributed by atoms with van der Waals surface area (Å²) in [6.07, 6.45) is 3.80. The Morgan fingerprint density at radius 3 is 2.77 bits per heavy atom. The first kappa shape index (κ1) is 23.3. The van der Waals surface area contributed by atoms with Gasteiger partial charge in [0, 0.05) is 34.5 Å². The van der Waals surface area contributed by atoms with Crippen LogP contribution < -0.4 is 10.9 Å². The number of H-pyrrole nitrogens is 1. The summed E-state index contributed by atoms with van der Waals surface area (Å²) in [5, 5.41) is 4.07. The molecule has 1 atom stereocenters. The normalized spacial score (nSPS) is 15.2.